The molecule has 3 rings (SSSR count). The molecule has 3 aromatic rings. The average molecular weight is 336 g/mol. The van der Waals surface area contributed by atoms with Crippen LogP contribution in [-0.4, -0.2) is 23.8 Å². The van der Waals surface area contributed by atoms with Crippen LogP contribution < -0.4 is 9.47 Å². The Hall–Kier alpha value is -3.01. The molecule has 0 unspecified atom stereocenters. The van der Waals surface area contributed by atoms with Crippen LogP contribution >= 0.6 is 0 Å². The van der Waals surface area contributed by atoms with Crippen molar-refractivity contribution in [3.05, 3.63) is 72.3 Å². The molecule has 0 saturated carbocycles. The Bertz CT molecular complexity index is 850. The zero-order valence-corrected chi connectivity index (χ0v) is 14.0. The smallest absolute Gasteiger partial charge is 0.345 e. The van der Waals surface area contributed by atoms with E-state index in [-0.39, 0.29) is 6.42 Å². The van der Waals surface area contributed by atoms with E-state index in [0.29, 0.717) is 12.4 Å². The van der Waals surface area contributed by atoms with Gasteiger partial charge in [-0.2, -0.15) is 0 Å². The maximum atomic E-state index is 11.7. The third kappa shape index (κ3) is 4.10. The number of carboxylic acids is 1. The first-order valence-electron chi connectivity index (χ1n) is 8.26. The molecule has 0 aliphatic rings. The molecule has 4 heteroatoms. The first kappa shape index (κ1) is 16.8. The van der Waals surface area contributed by atoms with Gasteiger partial charge in [-0.15, -0.1) is 0 Å². The Labute approximate surface area is 146 Å². The highest BCUT2D eigenvalue weighted by Crippen LogP contribution is 2.27. The van der Waals surface area contributed by atoms with Gasteiger partial charge in [0.05, 0.1) is 6.61 Å². The molecule has 0 aromatic heterocycles. The fraction of sp³-hybridized carbons (Fsp3) is 0.190. The van der Waals surface area contributed by atoms with Gasteiger partial charge in [0.2, 0.25) is 0 Å². The summed E-state index contributed by atoms with van der Waals surface area (Å²) >= 11 is 0. The first-order valence-corrected chi connectivity index (χ1v) is 8.26. The molecule has 0 aliphatic carbocycles. The van der Waals surface area contributed by atoms with Gasteiger partial charge in [0, 0.05) is 11.8 Å². The Kier molecular flexibility index (Phi) is 5.19. The molecular weight excluding hydrogens is 316 g/mol. The summed E-state index contributed by atoms with van der Waals surface area (Å²) in [6, 6.07) is 20.8. The number of benzene rings is 3. The number of hydrogen-bond acceptors (Lipinski definition) is 3. The molecule has 1 atom stereocenters. The number of fused-ring (bicyclic) bond motifs is 1. The van der Waals surface area contributed by atoms with Gasteiger partial charge in [-0.3, -0.25) is 0 Å². The molecular formula is C21H20O4. The molecule has 0 aliphatic heterocycles. The minimum absolute atomic E-state index is 0.283. The van der Waals surface area contributed by atoms with E-state index in [2.05, 4.69) is 0 Å². The zero-order chi connectivity index (χ0) is 17.6. The molecule has 25 heavy (non-hydrogen) atoms. The third-order valence-corrected chi connectivity index (χ3v) is 3.95. The van der Waals surface area contributed by atoms with E-state index in [9.17, 15) is 9.90 Å². The topological polar surface area (TPSA) is 55.8 Å². The van der Waals surface area contributed by atoms with Gasteiger partial charge >= 0.3 is 5.97 Å². The van der Waals surface area contributed by atoms with Crippen molar-refractivity contribution in [2.24, 2.45) is 0 Å². The molecule has 0 radical (unpaired) electrons. The van der Waals surface area contributed by atoms with Gasteiger partial charge in [0.15, 0.2) is 6.10 Å². The van der Waals surface area contributed by atoms with Gasteiger partial charge < -0.3 is 14.6 Å². The Balaban J connectivity index is 1.80. The van der Waals surface area contributed by atoms with E-state index in [4.69, 9.17) is 9.47 Å². The second-order valence-corrected chi connectivity index (χ2v) is 5.70. The lowest BCUT2D eigenvalue weighted by Crippen LogP contribution is -2.29. The van der Waals surface area contributed by atoms with Crippen molar-refractivity contribution < 1.29 is 19.4 Å². The van der Waals surface area contributed by atoms with Crippen molar-refractivity contribution in [2.45, 2.75) is 19.4 Å². The lowest BCUT2D eigenvalue weighted by molar-refractivity contribution is -0.144. The summed E-state index contributed by atoms with van der Waals surface area (Å²) in [5, 5.41) is 11.5. The van der Waals surface area contributed by atoms with Gasteiger partial charge in [0.1, 0.15) is 11.5 Å². The van der Waals surface area contributed by atoms with Gasteiger partial charge in [-0.05, 0) is 36.1 Å². The van der Waals surface area contributed by atoms with Crippen LogP contribution in [0.25, 0.3) is 10.8 Å². The summed E-state index contributed by atoms with van der Waals surface area (Å²) in [5.74, 6) is 0.367. The largest absolute Gasteiger partial charge is 0.494 e. The second kappa shape index (κ2) is 7.71. The molecule has 4 nitrogen and oxygen atoms in total. The van der Waals surface area contributed by atoms with Crippen molar-refractivity contribution in [1.29, 1.82) is 0 Å². The second-order valence-electron chi connectivity index (χ2n) is 5.70. The Morgan fingerprint density at radius 1 is 1.00 bits per heavy atom. The molecule has 3 aromatic carbocycles. The minimum Gasteiger partial charge on any atom is -0.494 e. The maximum Gasteiger partial charge on any atom is 0.345 e. The van der Waals surface area contributed by atoms with E-state index in [1.54, 1.807) is 6.07 Å². The molecule has 1 N–H and O–H groups in total. The lowest BCUT2D eigenvalue weighted by atomic mass is 10.1. The number of aliphatic carboxylic acids is 1. The summed E-state index contributed by atoms with van der Waals surface area (Å²) < 4.78 is 11.2. The quantitative estimate of drug-likeness (QED) is 0.698. The van der Waals surface area contributed by atoms with Crippen LogP contribution in [0.3, 0.4) is 0 Å². The number of ether oxygens (including phenoxy) is 2. The summed E-state index contributed by atoms with van der Waals surface area (Å²) in [7, 11) is 0. The van der Waals surface area contributed by atoms with Crippen molar-refractivity contribution in [2.75, 3.05) is 6.61 Å². The monoisotopic (exact) mass is 336 g/mol. The molecule has 0 saturated heterocycles. The van der Waals surface area contributed by atoms with Crippen LogP contribution in [-0.2, 0) is 11.2 Å². The van der Waals surface area contributed by atoms with Crippen LogP contribution in [0.4, 0.5) is 0 Å². The lowest BCUT2D eigenvalue weighted by Gasteiger charge is -2.17. The van der Waals surface area contributed by atoms with E-state index >= 15 is 0 Å². The van der Waals surface area contributed by atoms with Gasteiger partial charge in [-0.25, -0.2) is 4.79 Å². The van der Waals surface area contributed by atoms with Crippen LogP contribution in [0.1, 0.15) is 12.5 Å². The van der Waals surface area contributed by atoms with Gasteiger partial charge in [0.25, 0.3) is 0 Å². The molecule has 0 amide bonds. The maximum absolute atomic E-state index is 11.7. The normalized spacial score (nSPS) is 11.9. The number of carbonyl (C=O) groups is 1. The van der Waals surface area contributed by atoms with Crippen molar-refractivity contribution in [3.63, 3.8) is 0 Å². The number of carboxylic acid groups (broad SMARTS) is 1. The summed E-state index contributed by atoms with van der Waals surface area (Å²) in [6.07, 6.45) is -0.672. The van der Waals surface area contributed by atoms with Crippen LogP contribution in [0, 0.1) is 0 Å². The zero-order valence-electron chi connectivity index (χ0n) is 14.0. The van der Waals surface area contributed by atoms with Crippen LogP contribution in [0.2, 0.25) is 0 Å². The standard InChI is InChI=1S/C21H20O4/c1-2-24-17-12-10-15(11-13-17)14-20(21(22)23)25-19-9-5-7-16-6-3-4-8-18(16)19/h3-13,20H,2,14H2,1H3,(H,22,23)/t20-/m0/s1. The van der Waals surface area contributed by atoms with E-state index in [1.165, 1.54) is 0 Å². The van der Waals surface area contributed by atoms with E-state index in [1.807, 2.05) is 67.6 Å². The highest BCUT2D eigenvalue weighted by Gasteiger charge is 2.21. The molecule has 0 heterocycles. The summed E-state index contributed by atoms with van der Waals surface area (Å²) in [4.78, 5) is 11.7. The predicted octanol–water partition coefficient (Wildman–Crippen LogP) is 4.31. The minimum atomic E-state index is -0.984. The van der Waals surface area contributed by atoms with Crippen molar-refractivity contribution in [3.8, 4) is 11.5 Å². The Morgan fingerprint density at radius 3 is 2.44 bits per heavy atom. The predicted molar refractivity (Wildman–Crippen MR) is 97.3 cm³/mol. The fourth-order valence-corrected chi connectivity index (χ4v) is 2.73. The van der Waals surface area contributed by atoms with Crippen LogP contribution in [0.5, 0.6) is 11.5 Å². The summed E-state index contributed by atoms with van der Waals surface area (Å²) in [6.45, 7) is 2.52. The van der Waals surface area contributed by atoms with Crippen LogP contribution in [0.15, 0.2) is 66.7 Å². The summed E-state index contributed by atoms with van der Waals surface area (Å²) in [5.41, 5.74) is 0.885. The average Bonchev–Trinajstić information content (AvgIpc) is 2.63. The number of rotatable bonds is 7. The number of hydrogen-bond donors (Lipinski definition) is 1. The van der Waals surface area contributed by atoms with Gasteiger partial charge in [-0.1, -0.05) is 48.5 Å². The van der Waals surface area contributed by atoms with Crippen molar-refractivity contribution >= 4 is 16.7 Å². The van der Waals surface area contributed by atoms with E-state index < -0.39 is 12.1 Å². The SMILES string of the molecule is CCOc1ccc(C[C@H](Oc2cccc3ccccc23)C(=O)O)cc1. The highest BCUT2D eigenvalue weighted by atomic mass is 16.5. The Morgan fingerprint density at radius 2 is 1.72 bits per heavy atom. The first-order chi connectivity index (χ1) is 12.2. The van der Waals surface area contributed by atoms with Crippen molar-refractivity contribution in [1.82, 2.24) is 0 Å². The fourth-order valence-electron chi connectivity index (χ4n) is 2.73. The highest BCUT2D eigenvalue weighted by molar-refractivity contribution is 5.88. The molecule has 0 spiro atoms. The molecule has 0 fully saturated rings. The third-order valence-electron chi connectivity index (χ3n) is 3.95. The van der Waals surface area contributed by atoms with E-state index in [0.717, 1.165) is 22.1 Å². The molecule has 0 bridgehead atoms. The molecule has 128 valence electrons.